The molecule has 0 N–H and O–H groups in total. The van der Waals surface area contributed by atoms with E-state index >= 15 is 0 Å². The molecule has 0 atom stereocenters. The van der Waals surface area contributed by atoms with Crippen molar-refractivity contribution in [1.82, 2.24) is 4.98 Å². The lowest BCUT2D eigenvalue weighted by molar-refractivity contribution is 0.0971. The lowest BCUT2D eigenvalue weighted by Gasteiger charge is -1.97. The number of aromatic nitrogens is 1. The van der Waals surface area contributed by atoms with Crippen LogP contribution in [-0.4, -0.2) is 10.8 Å². The number of carbonyl (C=O) groups is 1. The molecule has 0 radical (unpaired) electrons. The third-order valence-electron chi connectivity index (χ3n) is 2.18. The van der Waals surface area contributed by atoms with Crippen molar-refractivity contribution in [3.05, 3.63) is 29.0 Å². The lowest BCUT2D eigenvalue weighted by atomic mass is 10.1. The zero-order valence-corrected chi connectivity index (χ0v) is 7.92. The van der Waals surface area contributed by atoms with Crippen LogP contribution < -0.4 is 0 Å². The van der Waals surface area contributed by atoms with Crippen LogP contribution in [0.25, 0.3) is 0 Å². The van der Waals surface area contributed by atoms with Crippen molar-refractivity contribution in [2.45, 2.75) is 19.3 Å². The summed E-state index contributed by atoms with van der Waals surface area (Å²) in [5.74, 6) is 0.754. The molecule has 1 aromatic rings. The highest BCUT2D eigenvalue weighted by Crippen LogP contribution is 2.33. The molecule has 0 unspecified atom stereocenters. The van der Waals surface area contributed by atoms with Gasteiger partial charge >= 0.3 is 0 Å². The van der Waals surface area contributed by atoms with Crippen molar-refractivity contribution < 1.29 is 4.79 Å². The van der Waals surface area contributed by atoms with E-state index < -0.39 is 0 Å². The van der Waals surface area contributed by atoms with Gasteiger partial charge in [0.25, 0.3) is 0 Å². The van der Waals surface area contributed by atoms with Gasteiger partial charge in [0.2, 0.25) is 0 Å². The zero-order chi connectivity index (χ0) is 9.26. The summed E-state index contributed by atoms with van der Waals surface area (Å²) < 4.78 is 0. The van der Waals surface area contributed by atoms with Gasteiger partial charge in [-0.1, -0.05) is 11.6 Å². The minimum atomic E-state index is 0.138. The maximum absolute atomic E-state index is 11.5. The SMILES string of the molecule is O=C(CC1CC1)c1ccc(Cl)cn1. The summed E-state index contributed by atoms with van der Waals surface area (Å²) in [5, 5.41) is 0.572. The average molecular weight is 196 g/mol. The monoisotopic (exact) mass is 195 g/mol. The number of hydrogen-bond donors (Lipinski definition) is 0. The van der Waals surface area contributed by atoms with E-state index in [-0.39, 0.29) is 5.78 Å². The molecule has 0 amide bonds. The second-order valence-electron chi connectivity index (χ2n) is 3.43. The van der Waals surface area contributed by atoms with Crippen LogP contribution in [0.4, 0.5) is 0 Å². The molecule has 0 spiro atoms. The van der Waals surface area contributed by atoms with Gasteiger partial charge in [-0.3, -0.25) is 9.78 Å². The van der Waals surface area contributed by atoms with Gasteiger partial charge in [0.05, 0.1) is 5.02 Å². The Balaban J connectivity index is 2.05. The number of halogens is 1. The smallest absolute Gasteiger partial charge is 0.181 e. The Kier molecular flexibility index (Phi) is 2.32. The summed E-state index contributed by atoms with van der Waals surface area (Å²) in [5.41, 5.74) is 0.538. The van der Waals surface area contributed by atoms with Crippen LogP contribution in [0.2, 0.25) is 5.02 Å². The van der Waals surface area contributed by atoms with Crippen LogP contribution in [0, 0.1) is 5.92 Å². The summed E-state index contributed by atoms with van der Waals surface area (Å²) in [6.07, 6.45) is 4.55. The number of ketones is 1. The van der Waals surface area contributed by atoms with E-state index in [0.29, 0.717) is 23.1 Å². The molecule has 2 rings (SSSR count). The first-order valence-electron chi connectivity index (χ1n) is 4.40. The molecule has 1 saturated carbocycles. The predicted molar refractivity (Wildman–Crippen MR) is 50.9 cm³/mol. The van der Waals surface area contributed by atoms with E-state index in [1.54, 1.807) is 12.1 Å². The molecule has 0 bridgehead atoms. The van der Waals surface area contributed by atoms with E-state index in [1.807, 2.05) is 0 Å². The summed E-state index contributed by atoms with van der Waals surface area (Å²) in [4.78, 5) is 15.5. The minimum Gasteiger partial charge on any atom is -0.292 e. The molecule has 0 aromatic carbocycles. The maximum Gasteiger partial charge on any atom is 0.181 e. The summed E-state index contributed by atoms with van der Waals surface area (Å²) in [6.45, 7) is 0. The van der Waals surface area contributed by atoms with Crippen molar-refractivity contribution in [2.75, 3.05) is 0 Å². The van der Waals surface area contributed by atoms with Crippen LogP contribution in [0.1, 0.15) is 29.8 Å². The van der Waals surface area contributed by atoms with Crippen LogP contribution in [-0.2, 0) is 0 Å². The topological polar surface area (TPSA) is 30.0 Å². The van der Waals surface area contributed by atoms with Crippen LogP contribution in [0.3, 0.4) is 0 Å². The lowest BCUT2D eigenvalue weighted by Crippen LogP contribution is -2.02. The zero-order valence-electron chi connectivity index (χ0n) is 7.16. The van der Waals surface area contributed by atoms with Crippen molar-refractivity contribution in [3.63, 3.8) is 0 Å². The average Bonchev–Trinajstić information content (AvgIpc) is 2.89. The largest absolute Gasteiger partial charge is 0.292 e. The molecular formula is C10H10ClNO. The fraction of sp³-hybridized carbons (Fsp3) is 0.400. The highest BCUT2D eigenvalue weighted by atomic mass is 35.5. The van der Waals surface area contributed by atoms with Gasteiger partial charge in [-0.15, -0.1) is 0 Å². The molecule has 13 heavy (non-hydrogen) atoms. The van der Waals surface area contributed by atoms with Crippen LogP contribution >= 0.6 is 11.6 Å². The number of pyridine rings is 1. The van der Waals surface area contributed by atoms with Gasteiger partial charge in [-0.25, -0.2) is 0 Å². The molecular weight excluding hydrogens is 186 g/mol. The summed E-state index contributed by atoms with van der Waals surface area (Å²) in [7, 11) is 0. The Morgan fingerprint density at radius 2 is 2.31 bits per heavy atom. The summed E-state index contributed by atoms with van der Waals surface area (Å²) in [6, 6.07) is 3.39. The van der Waals surface area contributed by atoms with E-state index in [9.17, 15) is 4.79 Å². The molecule has 0 aliphatic heterocycles. The van der Waals surface area contributed by atoms with E-state index in [4.69, 9.17) is 11.6 Å². The molecule has 3 heteroatoms. The highest BCUT2D eigenvalue weighted by molar-refractivity contribution is 6.30. The second kappa shape index (κ2) is 3.46. The Bertz CT molecular complexity index is 316. The molecule has 1 fully saturated rings. The minimum absolute atomic E-state index is 0.138. The third kappa shape index (κ3) is 2.28. The molecule has 0 saturated heterocycles. The molecule has 68 valence electrons. The van der Waals surface area contributed by atoms with E-state index in [0.717, 1.165) is 0 Å². The standard InChI is InChI=1S/C10H10ClNO/c11-8-3-4-9(12-6-8)10(13)5-7-1-2-7/h3-4,6-7H,1-2,5H2. The number of carbonyl (C=O) groups excluding carboxylic acids is 1. The van der Waals surface area contributed by atoms with Crippen LogP contribution in [0.15, 0.2) is 18.3 Å². The predicted octanol–water partition coefficient (Wildman–Crippen LogP) is 2.72. The Morgan fingerprint density at radius 1 is 1.54 bits per heavy atom. The fourth-order valence-electron chi connectivity index (χ4n) is 1.23. The molecule has 1 aromatic heterocycles. The fourth-order valence-corrected chi connectivity index (χ4v) is 1.34. The number of Topliss-reactive ketones (excluding diaryl/α,β-unsaturated/α-hetero) is 1. The van der Waals surface area contributed by atoms with Crippen molar-refractivity contribution in [1.29, 1.82) is 0 Å². The van der Waals surface area contributed by atoms with E-state index in [2.05, 4.69) is 4.98 Å². The first-order valence-corrected chi connectivity index (χ1v) is 4.78. The Hall–Kier alpha value is -0.890. The normalized spacial score (nSPS) is 15.8. The first-order chi connectivity index (χ1) is 6.25. The number of hydrogen-bond acceptors (Lipinski definition) is 2. The molecule has 2 nitrogen and oxygen atoms in total. The number of rotatable bonds is 3. The second-order valence-corrected chi connectivity index (χ2v) is 3.87. The van der Waals surface area contributed by atoms with Crippen molar-refractivity contribution in [2.24, 2.45) is 5.92 Å². The van der Waals surface area contributed by atoms with E-state index in [1.165, 1.54) is 19.0 Å². The molecule has 1 heterocycles. The quantitative estimate of drug-likeness (QED) is 0.695. The van der Waals surface area contributed by atoms with Crippen molar-refractivity contribution >= 4 is 17.4 Å². The van der Waals surface area contributed by atoms with Gasteiger partial charge in [0.15, 0.2) is 5.78 Å². The number of nitrogens with zero attached hydrogens (tertiary/aromatic N) is 1. The Morgan fingerprint density at radius 3 is 2.85 bits per heavy atom. The van der Waals surface area contributed by atoms with Crippen LogP contribution in [0.5, 0.6) is 0 Å². The van der Waals surface area contributed by atoms with Gasteiger partial charge in [0, 0.05) is 12.6 Å². The highest BCUT2D eigenvalue weighted by Gasteiger charge is 2.25. The van der Waals surface area contributed by atoms with Gasteiger partial charge in [-0.05, 0) is 30.9 Å². The summed E-state index contributed by atoms with van der Waals surface area (Å²) >= 11 is 5.66. The molecule has 1 aliphatic rings. The first kappa shape index (κ1) is 8.70. The van der Waals surface area contributed by atoms with Gasteiger partial charge in [0.1, 0.15) is 5.69 Å². The Labute approximate surface area is 81.9 Å². The van der Waals surface area contributed by atoms with Crippen molar-refractivity contribution in [3.8, 4) is 0 Å². The van der Waals surface area contributed by atoms with Gasteiger partial charge in [-0.2, -0.15) is 0 Å². The molecule has 1 aliphatic carbocycles. The third-order valence-corrected chi connectivity index (χ3v) is 2.41. The maximum atomic E-state index is 11.5. The van der Waals surface area contributed by atoms with Gasteiger partial charge < -0.3 is 0 Å².